The van der Waals surface area contributed by atoms with E-state index in [2.05, 4.69) is 22.5 Å². The number of hydrogen-bond donors (Lipinski definition) is 2. The van der Waals surface area contributed by atoms with E-state index < -0.39 is 11.6 Å². The van der Waals surface area contributed by atoms with Gasteiger partial charge >= 0.3 is 6.09 Å². The first-order valence-corrected chi connectivity index (χ1v) is 14.3. The third-order valence-electron chi connectivity index (χ3n) is 7.64. The van der Waals surface area contributed by atoms with E-state index in [-0.39, 0.29) is 24.6 Å². The predicted octanol–water partition coefficient (Wildman–Crippen LogP) is 6.50. The molecule has 40 heavy (non-hydrogen) atoms. The molecule has 1 saturated carbocycles. The van der Waals surface area contributed by atoms with Crippen LogP contribution >= 0.6 is 11.6 Å². The van der Waals surface area contributed by atoms with Gasteiger partial charge in [0.25, 0.3) is 5.91 Å². The van der Waals surface area contributed by atoms with E-state index in [1.807, 2.05) is 33.8 Å². The summed E-state index contributed by atoms with van der Waals surface area (Å²) in [7, 11) is 1.59. The van der Waals surface area contributed by atoms with Crippen molar-refractivity contribution < 1.29 is 24.2 Å². The Balaban J connectivity index is 1.57. The van der Waals surface area contributed by atoms with Gasteiger partial charge in [0.05, 0.1) is 13.2 Å². The van der Waals surface area contributed by atoms with Crippen LogP contribution in [0.3, 0.4) is 0 Å². The number of aryl methyl sites for hydroxylation is 2. The molecule has 0 atom stereocenters. The zero-order chi connectivity index (χ0) is 29.0. The van der Waals surface area contributed by atoms with E-state index >= 15 is 0 Å². The number of fused-ring (bicyclic) bond motifs is 2. The summed E-state index contributed by atoms with van der Waals surface area (Å²) < 4.78 is 12.0. The molecule has 0 spiro atoms. The fraction of sp³-hybridized carbons (Fsp3) is 0.516. The molecule has 0 radical (unpaired) electrons. The van der Waals surface area contributed by atoms with Crippen molar-refractivity contribution in [1.29, 1.82) is 0 Å². The minimum atomic E-state index is -0.893. The largest absolute Gasteiger partial charge is 0.490 e. The van der Waals surface area contributed by atoms with Crippen molar-refractivity contribution in [2.24, 2.45) is 0 Å². The summed E-state index contributed by atoms with van der Waals surface area (Å²) in [6.45, 7) is 7.99. The maximum absolute atomic E-state index is 13.5. The number of carbonyl (C=O) groups excluding carboxylic acids is 1. The molecule has 2 heterocycles. The number of methoxy groups -OCH3 is 1. The lowest BCUT2D eigenvalue weighted by atomic mass is 9.89. The summed E-state index contributed by atoms with van der Waals surface area (Å²) in [5.41, 5.74) is 3.65. The van der Waals surface area contributed by atoms with Crippen molar-refractivity contribution in [3.63, 3.8) is 0 Å². The van der Waals surface area contributed by atoms with Gasteiger partial charge in [-0.15, -0.1) is 0 Å². The molecule has 1 aliphatic heterocycles. The highest BCUT2D eigenvalue weighted by Gasteiger charge is 2.36. The van der Waals surface area contributed by atoms with E-state index in [4.69, 9.17) is 21.1 Å². The molecule has 1 aliphatic carbocycles. The first-order valence-electron chi connectivity index (χ1n) is 14.0. The number of nitrogens with zero attached hydrogens (tertiary/aromatic N) is 2. The minimum Gasteiger partial charge on any atom is -0.490 e. The van der Waals surface area contributed by atoms with Crippen LogP contribution in [0.15, 0.2) is 30.4 Å². The zero-order valence-electron chi connectivity index (χ0n) is 24.1. The van der Waals surface area contributed by atoms with Gasteiger partial charge in [-0.2, -0.15) is 0 Å². The monoisotopic (exact) mass is 569 g/mol. The maximum Gasteiger partial charge on any atom is 0.407 e. The normalized spacial score (nSPS) is 20.6. The van der Waals surface area contributed by atoms with Gasteiger partial charge in [0, 0.05) is 45.5 Å². The highest BCUT2D eigenvalue weighted by atomic mass is 35.5. The number of hydrogen-bond acceptors (Lipinski definition) is 5. The lowest BCUT2D eigenvalue weighted by molar-refractivity contribution is 0.0366. The van der Waals surface area contributed by atoms with Crippen LogP contribution < -0.4 is 14.8 Å². The molecule has 216 valence electrons. The number of ether oxygens (including phenoxy) is 2. The molecule has 2 aliphatic rings. The molecule has 2 aromatic rings. The summed E-state index contributed by atoms with van der Waals surface area (Å²) in [4.78, 5) is 31.5. The molecule has 0 bridgehead atoms. The maximum atomic E-state index is 13.5. The van der Waals surface area contributed by atoms with Gasteiger partial charge in [0.15, 0.2) is 0 Å². The van der Waals surface area contributed by atoms with Crippen LogP contribution in [0.25, 0.3) is 0 Å². The van der Waals surface area contributed by atoms with E-state index in [0.29, 0.717) is 41.5 Å². The fourth-order valence-corrected chi connectivity index (χ4v) is 6.07. The van der Waals surface area contributed by atoms with Gasteiger partial charge in [0.1, 0.15) is 5.75 Å². The fourth-order valence-electron chi connectivity index (χ4n) is 5.86. The second-order valence-electron chi connectivity index (χ2n) is 11.6. The van der Waals surface area contributed by atoms with Gasteiger partial charge in [-0.25, -0.2) is 9.78 Å². The molecule has 2 N–H and O–H groups in total. The number of nitrogens with one attached hydrogen (secondary N) is 1. The lowest BCUT2D eigenvalue weighted by Gasteiger charge is -2.42. The quantitative estimate of drug-likeness (QED) is 0.408. The zero-order valence-corrected chi connectivity index (χ0v) is 24.8. The molecular weight excluding hydrogens is 530 g/mol. The Morgan fingerprint density at radius 1 is 1.12 bits per heavy atom. The van der Waals surface area contributed by atoms with Gasteiger partial charge in [-0.3, -0.25) is 4.79 Å². The van der Waals surface area contributed by atoms with Crippen molar-refractivity contribution in [2.75, 3.05) is 7.11 Å². The van der Waals surface area contributed by atoms with Gasteiger partial charge in [0.2, 0.25) is 5.88 Å². The lowest BCUT2D eigenvalue weighted by Crippen LogP contribution is -2.52. The van der Waals surface area contributed by atoms with Crippen LogP contribution in [-0.2, 0) is 19.4 Å². The Bertz CT molecular complexity index is 1280. The third-order valence-corrected chi connectivity index (χ3v) is 7.86. The first kappa shape index (κ1) is 29.7. The summed E-state index contributed by atoms with van der Waals surface area (Å²) in [5, 5.41) is 13.3. The Labute approximate surface area is 241 Å². The SMILES string of the molecule is COc1nc(C)cc2c1CNC(=O)c1cc(Cl)cc(OC3CCC(N(C(=O)O)C(C)(C)C)CC3)c1C/C=C/CC2. The molecule has 4 rings (SSSR count). The van der Waals surface area contributed by atoms with Crippen LogP contribution in [0, 0.1) is 6.92 Å². The Hall–Kier alpha value is -3.26. The molecule has 9 heteroatoms. The van der Waals surface area contributed by atoms with E-state index in [1.54, 1.807) is 24.1 Å². The topological polar surface area (TPSA) is 101 Å². The van der Waals surface area contributed by atoms with Crippen LogP contribution in [0.4, 0.5) is 4.79 Å². The average molecular weight is 570 g/mol. The van der Waals surface area contributed by atoms with Gasteiger partial charge in [-0.05, 0) is 96.4 Å². The molecular formula is C31H40ClN3O5. The number of allylic oxidation sites excluding steroid dienone is 2. The van der Waals surface area contributed by atoms with Crippen molar-refractivity contribution in [3.8, 4) is 11.6 Å². The molecule has 1 fully saturated rings. The molecule has 2 amide bonds. The second-order valence-corrected chi connectivity index (χ2v) is 12.0. The van der Waals surface area contributed by atoms with E-state index in [9.17, 15) is 14.7 Å². The van der Waals surface area contributed by atoms with Crippen LogP contribution in [-0.4, -0.2) is 51.8 Å². The minimum absolute atomic E-state index is 0.0517. The van der Waals surface area contributed by atoms with Crippen molar-refractivity contribution >= 4 is 23.6 Å². The first-order chi connectivity index (χ1) is 19.0. The Morgan fingerprint density at radius 3 is 2.50 bits per heavy atom. The van der Waals surface area contributed by atoms with Crippen molar-refractivity contribution in [3.05, 3.63) is 63.3 Å². The number of benzene rings is 1. The summed E-state index contributed by atoms with van der Waals surface area (Å²) in [6.07, 6.45) is 8.27. The molecule has 8 nitrogen and oxygen atoms in total. The van der Waals surface area contributed by atoms with E-state index in [1.165, 1.54) is 0 Å². The number of carbonyl (C=O) groups is 2. The number of pyridine rings is 1. The van der Waals surface area contributed by atoms with Crippen LogP contribution in [0.2, 0.25) is 5.02 Å². The third kappa shape index (κ3) is 6.89. The van der Waals surface area contributed by atoms with E-state index in [0.717, 1.165) is 48.1 Å². The number of carboxylic acid groups (broad SMARTS) is 1. The Kier molecular flexibility index (Phi) is 9.29. The van der Waals surface area contributed by atoms with Gasteiger partial charge < -0.3 is 24.8 Å². The molecule has 1 aromatic heterocycles. The number of rotatable bonds is 4. The molecule has 1 aromatic carbocycles. The van der Waals surface area contributed by atoms with Crippen LogP contribution in [0.1, 0.15) is 85.6 Å². The summed E-state index contributed by atoms with van der Waals surface area (Å²) in [6, 6.07) is 5.47. The summed E-state index contributed by atoms with van der Waals surface area (Å²) >= 11 is 6.51. The number of halogens is 1. The summed E-state index contributed by atoms with van der Waals surface area (Å²) in [5.74, 6) is 0.884. The standard InChI is InChI=1S/C31H40ClN3O5/c1-19-15-20-9-7-6-8-10-24-25(28(36)33-18-26(20)29(34-19)39-5)16-21(32)17-27(24)40-23-13-11-22(12-14-23)35(30(37)38)31(2,3)4/h6,8,15-17,22-23H,7,9-14,18H2,1-5H3,(H,33,36)(H,37,38)/b8-6+. The average Bonchev–Trinajstić information content (AvgIpc) is 2.87. The molecule has 0 saturated heterocycles. The molecule has 0 unspecified atom stereocenters. The highest BCUT2D eigenvalue weighted by molar-refractivity contribution is 6.31. The predicted molar refractivity (Wildman–Crippen MR) is 156 cm³/mol. The Morgan fingerprint density at radius 2 is 1.85 bits per heavy atom. The van der Waals surface area contributed by atoms with Gasteiger partial charge in [-0.1, -0.05) is 23.8 Å². The smallest absolute Gasteiger partial charge is 0.407 e. The number of aromatic nitrogens is 1. The van der Waals surface area contributed by atoms with Crippen molar-refractivity contribution in [1.82, 2.24) is 15.2 Å². The van der Waals surface area contributed by atoms with Crippen LogP contribution in [0.5, 0.6) is 11.6 Å². The van der Waals surface area contributed by atoms with Crippen molar-refractivity contribution in [2.45, 2.75) is 96.9 Å². The highest BCUT2D eigenvalue weighted by Crippen LogP contribution is 2.35. The number of amides is 2. The second kappa shape index (κ2) is 12.5.